The largest absolute Gasteiger partial charge is 0.534 e. The molecule has 92 valence electrons. The van der Waals surface area contributed by atoms with Crippen molar-refractivity contribution in [1.29, 1.82) is 0 Å². The summed E-state index contributed by atoms with van der Waals surface area (Å²) in [5.41, 5.74) is -5.96. The highest BCUT2D eigenvalue weighted by molar-refractivity contribution is 7.87. The van der Waals surface area contributed by atoms with E-state index in [-0.39, 0.29) is 18.8 Å². The van der Waals surface area contributed by atoms with Gasteiger partial charge in [-0.2, -0.15) is 21.6 Å². The predicted molar refractivity (Wildman–Crippen MR) is 46.7 cm³/mol. The lowest BCUT2D eigenvalue weighted by Crippen LogP contribution is -2.28. The number of hydrogen-bond donors (Lipinski definition) is 0. The molecule has 0 aromatic rings. The lowest BCUT2D eigenvalue weighted by Gasteiger charge is -2.21. The Hall–Kier alpha value is -0.760. The molecule has 0 aromatic carbocycles. The molecule has 4 nitrogen and oxygen atoms in total. The normalized spacial score (nSPS) is 24.1. The SMILES string of the molecule is O=S(=O)(OC1=CC2(CC2)OCC1)C(F)(F)F. The molecule has 0 N–H and O–H groups in total. The topological polar surface area (TPSA) is 52.6 Å². The van der Waals surface area contributed by atoms with Gasteiger partial charge in [0.1, 0.15) is 5.76 Å². The fourth-order valence-corrected chi connectivity index (χ4v) is 1.94. The molecule has 0 bridgehead atoms. The first-order chi connectivity index (χ1) is 7.24. The third-order valence-electron chi connectivity index (χ3n) is 2.41. The molecule has 1 aliphatic carbocycles. The number of hydrogen-bond acceptors (Lipinski definition) is 4. The molecule has 1 fully saturated rings. The standard InChI is InChI=1S/C8H9F3O4S/c9-8(10,11)16(12,13)15-6-1-4-14-7(5-6)2-3-7/h5H,1-4H2. The van der Waals surface area contributed by atoms with Gasteiger partial charge in [0.15, 0.2) is 0 Å². The zero-order valence-corrected chi connectivity index (χ0v) is 8.90. The van der Waals surface area contributed by atoms with Crippen LogP contribution in [0.4, 0.5) is 13.2 Å². The van der Waals surface area contributed by atoms with Crippen LogP contribution in [0.3, 0.4) is 0 Å². The second-order valence-electron chi connectivity index (χ2n) is 3.76. The predicted octanol–water partition coefficient (Wildman–Crippen LogP) is 1.69. The van der Waals surface area contributed by atoms with E-state index in [0.717, 1.165) is 0 Å². The van der Waals surface area contributed by atoms with E-state index < -0.39 is 21.2 Å². The van der Waals surface area contributed by atoms with Gasteiger partial charge in [0.05, 0.1) is 12.2 Å². The average molecular weight is 258 g/mol. The molecular weight excluding hydrogens is 249 g/mol. The molecule has 2 aliphatic rings. The minimum Gasteiger partial charge on any atom is -0.381 e. The summed E-state index contributed by atoms with van der Waals surface area (Å²) in [5, 5.41) is 0. The first-order valence-corrected chi connectivity index (χ1v) is 6.01. The van der Waals surface area contributed by atoms with Gasteiger partial charge in [0.2, 0.25) is 0 Å². The lowest BCUT2D eigenvalue weighted by atomic mass is 10.2. The highest BCUT2D eigenvalue weighted by atomic mass is 32.2. The van der Waals surface area contributed by atoms with E-state index in [1.807, 2.05) is 0 Å². The minimum absolute atomic E-state index is 0.0388. The van der Waals surface area contributed by atoms with Gasteiger partial charge in [-0.1, -0.05) is 0 Å². The van der Waals surface area contributed by atoms with Crippen molar-refractivity contribution in [2.24, 2.45) is 0 Å². The van der Waals surface area contributed by atoms with E-state index in [4.69, 9.17) is 4.74 Å². The summed E-state index contributed by atoms with van der Waals surface area (Å²) in [6.07, 6.45) is 2.74. The highest BCUT2D eigenvalue weighted by Crippen LogP contribution is 2.45. The van der Waals surface area contributed by atoms with Crippen molar-refractivity contribution >= 4 is 10.1 Å². The van der Waals surface area contributed by atoms with Crippen LogP contribution in [0, 0.1) is 0 Å². The highest BCUT2D eigenvalue weighted by Gasteiger charge is 2.50. The third-order valence-corrected chi connectivity index (χ3v) is 3.41. The zero-order valence-electron chi connectivity index (χ0n) is 8.08. The van der Waals surface area contributed by atoms with Crippen LogP contribution >= 0.6 is 0 Å². The third kappa shape index (κ3) is 2.17. The van der Waals surface area contributed by atoms with Crippen molar-refractivity contribution in [3.8, 4) is 0 Å². The van der Waals surface area contributed by atoms with Crippen LogP contribution in [0.5, 0.6) is 0 Å². The van der Waals surface area contributed by atoms with Crippen LogP contribution in [0.1, 0.15) is 19.3 Å². The van der Waals surface area contributed by atoms with Gasteiger partial charge >= 0.3 is 15.6 Å². The van der Waals surface area contributed by atoms with Crippen LogP contribution < -0.4 is 0 Å². The number of alkyl halides is 3. The van der Waals surface area contributed by atoms with E-state index in [1.54, 1.807) is 0 Å². The maximum Gasteiger partial charge on any atom is 0.534 e. The van der Waals surface area contributed by atoms with Crippen molar-refractivity contribution in [2.45, 2.75) is 30.4 Å². The zero-order chi connectivity index (χ0) is 12.0. The molecule has 0 aromatic heterocycles. The van der Waals surface area contributed by atoms with Gasteiger partial charge in [0, 0.05) is 6.42 Å². The van der Waals surface area contributed by atoms with Crippen LogP contribution in [0.2, 0.25) is 0 Å². The maximum atomic E-state index is 12.0. The Morgan fingerprint density at radius 1 is 1.38 bits per heavy atom. The molecule has 0 saturated heterocycles. The molecule has 16 heavy (non-hydrogen) atoms. The Morgan fingerprint density at radius 2 is 2.00 bits per heavy atom. The fraction of sp³-hybridized carbons (Fsp3) is 0.750. The van der Waals surface area contributed by atoms with Gasteiger partial charge in [0.25, 0.3) is 0 Å². The van der Waals surface area contributed by atoms with E-state index in [2.05, 4.69) is 4.18 Å². The Bertz CT molecular complexity index is 419. The molecule has 0 unspecified atom stereocenters. The summed E-state index contributed by atoms with van der Waals surface area (Å²) in [6, 6.07) is 0. The quantitative estimate of drug-likeness (QED) is 0.558. The molecule has 0 atom stereocenters. The van der Waals surface area contributed by atoms with Gasteiger partial charge in [-0.3, -0.25) is 0 Å². The van der Waals surface area contributed by atoms with Crippen LogP contribution in [0.25, 0.3) is 0 Å². The summed E-state index contributed by atoms with van der Waals surface area (Å²) in [5.74, 6) is -0.180. The average Bonchev–Trinajstić information content (AvgIpc) is 2.82. The van der Waals surface area contributed by atoms with E-state index in [1.165, 1.54) is 6.08 Å². The van der Waals surface area contributed by atoms with Crippen molar-refractivity contribution in [3.63, 3.8) is 0 Å². The Kier molecular flexibility index (Phi) is 2.46. The summed E-state index contributed by atoms with van der Waals surface area (Å²) < 4.78 is 66.8. The molecule has 1 heterocycles. The van der Waals surface area contributed by atoms with Gasteiger partial charge < -0.3 is 8.92 Å². The summed E-state index contributed by atoms with van der Waals surface area (Å²) in [6.45, 7) is 0.180. The van der Waals surface area contributed by atoms with Gasteiger partial charge in [-0.25, -0.2) is 0 Å². The van der Waals surface area contributed by atoms with Crippen LogP contribution in [0.15, 0.2) is 11.8 Å². The first-order valence-electron chi connectivity index (χ1n) is 4.61. The van der Waals surface area contributed by atoms with Crippen molar-refractivity contribution in [2.75, 3.05) is 6.61 Å². The van der Waals surface area contributed by atoms with Crippen molar-refractivity contribution in [1.82, 2.24) is 0 Å². The van der Waals surface area contributed by atoms with Crippen molar-refractivity contribution < 1.29 is 30.5 Å². The molecule has 1 saturated carbocycles. The molecular formula is C8H9F3O4S. The smallest absolute Gasteiger partial charge is 0.381 e. The number of halogens is 3. The summed E-state index contributed by atoms with van der Waals surface area (Å²) >= 11 is 0. The van der Waals surface area contributed by atoms with E-state index in [0.29, 0.717) is 12.8 Å². The van der Waals surface area contributed by atoms with Gasteiger partial charge in [-0.05, 0) is 18.9 Å². The maximum absolute atomic E-state index is 12.0. The second-order valence-corrected chi connectivity index (χ2v) is 5.29. The molecule has 0 radical (unpaired) electrons. The minimum atomic E-state index is -5.54. The van der Waals surface area contributed by atoms with E-state index in [9.17, 15) is 21.6 Å². The Labute approximate surface area is 90.2 Å². The Morgan fingerprint density at radius 3 is 2.50 bits per heavy atom. The summed E-state index contributed by atoms with van der Waals surface area (Å²) in [7, 11) is -5.54. The summed E-state index contributed by atoms with van der Waals surface area (Å²) in [4.78, 5) is 0. The lowest BCUT2D eigenvalue weighted by molar-refractivity contribution is -0.0532. The van der Waals surface area contributed by atoms with Crippen molar-refractivity contribution in [3.05, 3.63) is 11.8 Å². The molecule has 0 amide bonds. The van der Waals surface area contributed by atoms with E-state index >= 15 is 0 Å². The molecule has 1 aliphatic heterocycles. The fourth-order valence-electron chi connectivity index (χ4n) is 1.43. The number of rotatable bonds is 2. The van der Waals surface area contributed by atoms with Gasteiger partial charge in [-0.15, -0.1) is 0 Å². The molecule has 8 heteroatoms. The first kappa shape index (κ1) is 11.7. The van der Waals surface area contributed by atoms with Crippen LogP contribution in [-0.2, 0) is 19.0 Å². The molecule has 2 rings (SSSR count). The monoisotopic (exact) mass is 258 g/mol. The Balaban J connectivity index is 2.14. The molecule has 1 spiro atoms. The number of ether oxygens (including phenoxy) is 1. The second kappa shape index (κ2) is 3.36. The van der Waals surface area contributed by atoms with Crippen LogP contribution in [-0.4, -0.2) is 26.1 Å².